The first-order valence-electron chi connectivity index (χ1n) is 4.66. The number of hydrogen-bond acceptors (Lipinski definition) is 3. The molecule has 1 aromatic carbocycles. The summed E-state index contributed by atoms with van der Waals surface area (Å²) in [5.41, 5.74) is 7.39. The fourth-order valence-electron chi connectivity index (χ4n) is 1.25. The number of thiophene rings is 1. The summed E-state index contributed by atoms with van der Waals surface area (Å²) >= 11 is 9.51. The van der Waals surface area contributed by atoms with Gasteiger partial charge >= 0.3 is 0 Å². The fourth-order valence-corrected chi connectivity index (χ4v) is 2.70. The lowest BCUT2D eigenvalue weighted by Crippen LogP contribution is -2.10. The van der Waals surface area contributed by atoms with Crippen LogP contribution in [0.4, 0.5) is 11.4 Å². The molecule has 2 aromatic rings. The number of nitrogen functional groups attached to an aromatic ring is 1. The van der Waals surface area contributed by atoms with Crippen molar-refractivity contribution in [1.82, 2.24) is 0 Å². The average molecular weight is 379 g/mol. The van der Waals surface area contributed by atoms with Gasteiger partial charge in [-0.1, -0.05) is 11.6 Å². The molecule has 6 heteroatoms. The molecule has 0 radical (unpaired) electrons. The maximum atomic E-state index is 11.8. The molecule has 0 fully saturated rings. The second kappa shape index (κ2) is 5.24. The van der Waals surface area contributed by atoms with Crippen molar-refractivity contribution in [1.29, 1.82) is 0 Å². The number of halogens is 2. The summed E-state index contributed by atoms with van der Waals surface area (Å²) in [6.45, 7) is 0. The molecular formula is C11H8ClIN2OS. The van der Waals surface area contributed by atoms with Crippen LogP contribution < -0.4 is 11.1 Å². The van der Waals surface area contributed by atoms with Crippen molar-refractivity contribution in [3.63, 3.8) is 0 Å². The molecule has 1 aromatic heterocycles. The topological polar surface area (TPSA) is 55.1 Å². The number of carbonyl (C=O) groups excluding carboxylic acids is 1. The zero-order chi connectivity index (χ0) is 12.4. The van der Waals surface area contributed by atoms with Crippen molar-refractivity contribution in [3.8, 4) is 0 Å². The highest BCUT2D eigenvalue weighted by Gasteiger charge is 2.08. The molecule has 0 bridgehead atoms. The predicted octanol–water partition coefficient (Wildman–Crippen LogP) is 3.84. The minimum atomic E-state index is -0.147. The maximum Gasteiger partial charge on any atom is 0.256 e. The third-order valence-electron chi connectivity index (χ3n) is 2.08. The molecule has 2 rings (SSSR count). The van der Waals surface area contributed by atoms with Gasteiger partial charge in [-0.3, -0.25) is 4.79 Å². The molecule has 1 amide bonds. The summed E-state index contributed by atoms with van der Waals surface area (Å²) in [6, 6.07) is 6.84. The third kappa shape index (κ3) is 3.11. The van der Waals surface area contributed by atoms with Gasteiger partial charge in [0.15, 0.2) is 0 Å². The maximum absolute atomic E-state index is 11.8. The first-order valence-corrected chi connectivity index (χ1v) is 7.00. The zero-order valence-electron chi connectivity index (χ0n) is 8.54. The quantitative estimate of drug-likeness (QED) is 0.616. The number of nitrogens with two attached hydrogens (primary N) is 1. The van der Waals surface area contributed by atoms with E-state index in [2.05, 4.69) is 27.9 Å². The van der Waals surface area contributed by atoms with Crippen LogP contribution in [0.1, 0.15) is 10.4 Å². The molecule has 17 heavy (non-hydrogen) atoms. The second-order valence-electron chi connectivity index (χ2n) is 3.33. The Hall–Kier alpha value is -0.790. The van der Waals surface area contributed by atoms with Crippen LogP contribution in [0.5, 0.6) is 0 Å². The van der Waals surface area contributed by atoms with Gasteiger partial charge in [-0.2, -0.15) is 0 Å². The summed E-state index contributed by atoms with van der Waals surface area (Å²) < 4.78 is 1.07. The highest BCUT2D eigenvalue weighted by Crippen LogP contribution is 2.23. The van der Waals surface area contributed by atoms with Gasteiger partial charge in [0.25, 0.3) is 5.91 Å². The summed E-state index contributed by atoms with van der Waals surface area (Å²) in [6.07, 6.45) is 0. The van der Waals surface area contributed by atoms with Gasteiger partial charge in [-0.25, -0.2) is 0 Å². The van der Waals surface area contributed by atoms with Gasteiger partial charge in [0.2, 0.25) is 0 Å². The molecule has 3 N–H and O–H groups in total. The molecule has 0 saturated heterocycles. The SMILES string of the molecule is Nc1cc(NC(=O)c2csc(I)c2)ccc1Cl. The Kier molecular flexibility index (Phi) is 3.90. The van der Waals surface area contributed by atoms with Crippen molar-refractivity contribution in [2.45, 2.75) is 0 Å². The lowest BCUT2D eigenvalue weighted by Gasteiger charge is -2.05. The standard InChI is InChI=1S/C11H8ClIN2OS/c12-8-2-1-7(4-9(8)14)15-11(16)6-3-10(13)17-5-6/h1-5H,14H2,(H,15,16). The van der Waals surface area contributed by atoms with Gasteiger partial charge in [0.05, 0.1) is 19.2 Å². The number of benzene rings is 1. The molecule has 0 spiro atoms. The Morgan fingerprint density at radius 3 is 2.76 bits per heavy atom. The summed E-state index contributed by atoms with van der Waals surface area (Å²) in [5.74, 6) is -0.147. The predicted molar refractivity (Wildman–Crippen MR) is 80.9 cm³/mol. The van der Waals surface area contributed by atoms with Crippen LogP contribution in [0.3, 0.4) is 0 Å². The number of carbonyl (C=O) groups is 1. The van der Waals surface area contributed by atoms with E-state index in [0.717, 1.165) is 2.88 Å². The molecule has 0 atom stereocenters. The molecule has 0 aliphatic carbocycles. The van der Waals surface area contributed by atoms with Crippen LogP contribution in [0.25, 0.3) is 0 Å². The molecule has 0 unspecified atom stereocenters. The summed E-state index contributed by atoms with van der Waals surface area (Å²) in [4.78, 5) is 11.8. The van der Waals surface area contributed by atoms with Gasteiger partial charge in [0.1, 0.15) is 0 Å². The summed E-state index contributed by atoms with van der Waals surface area (Å²) in [7, 11) is 0. The minimum absolute atomic E-state index is 0.147. The van der Waals surface area contributed by atoms with Gasteiger partial charge in [-0.15, -0.1) is 11.3 Å². The second-order valence-corrected chi connectivity index (χ2v) is 6.54. The number of rotatable bonds is 2. The molecule has 0 aliphatic heterocycles. The van der Waals surface area contributed by atoms with E-state index in [-0.39, 0.29) is 5.91 Å². The first kappa shape index (κ1) is 12.7. The van der Waals surface area contributed by atoms with Gasteiger partial charge in [-0.05, 0) is 46.9 Å². The van der Waals surface area contributed by atoms with Gasteiger partial charge in [0, 0.05) is 11.1 Å². The Morgan fingerprint density at radius 1 is 1.41 bits per heavy atom. The molecule has 0 aliphatic rings. The van der Waals surface area contributed by atoms with Crippen molar-refractivity contribution >= 4 is 62.8 Å². The Balaban J connectivity index is 2.15. The van der Waals surface area contributed by atoms with E-state index in [1.807, 2.05) is 11.4 Å². The average Bonchev–Trinajstić information content (AvgIpc) is 2.70. The van der Waals surface area contributed by atoms with Crippen molar-refractivity contribution in [3.05, 3.63) is 43.1 Å². The lowest BCUT2D eigenvalue weighted by molar-refractivity contribution is 0.102. The number of hydrogen-bond donors (Lipinski definition) is 2. The fraction of sp³-hybridized carbons (Fsp3) is 0. The number of nitrogens with one attached hydrogen (secondary N) is 1. The zero-order valence-corrected chi connectivity index (χ0v) is 12.3. The highest BCUT2D eigenvalue weighted by molar-refractivity contribution is 14.1. The third-order valence-corrected chi connectivity index (χ3v) is 4.22. The minimum Gasteiger partial charge on any atom is -0.397 e. The molecule has 0 saturated carbocycles. The number of anilines is 2. The largest absolute Gasteiger partial charge is 0.397 e. The van der Waals surface area contributed by atoms with E-state index in [4.69, 9.17) is 17.3 Å². The Bertz CT molecular complexity index is 570. The van der Waals surface area contributed by atoms with Crippen molar-refractivity contribution < 1.29 is 4.79 Å². The Morgan fingerprint density at radius 2 is 2.18 bits per heavy atom. The highest BCUT2D eigenvalue weighted by atomic mass is 127. The molecule has 88 valence electrons. The van der Waals surface area contributed by atoms with Crippen LogP contribution in [0, 0.1) is 2.88 Å². The lowest BCUT2D eigenvalue weighted by atomic mass is 10.2. The number of amides is 1. The Labute approximate surface area is 121 Å². The van der Waals surface area contributed by atoms with E-state index in [1.54, 1.807) is 18.2 Å². The van der Waals surface area contributed by atoms with Crippen LogP contribution in [0.15, 0.2) is 29.6 Å². The smallest absolute Gasteiger partial charge is 0.256 e. The van der Waals surface area contributed by atoms with E-state index < -0.39 is 0 Å². The first-order chi connectivity index (χ1) is 8.06. The van der Waals surface area contributed by atoms with E-state index in [1.165, 1.54) is 11.3 Å². The molecule has 3 nitrogen and oxygen atoms in total. The molecular weight excluding hydrogens is 371 g/mol. The van der Waals surface area contributed by atoms with Crippen LogP contribution in [0.2, 0.25) is 5.02 Å². The van der Waals surface area contributed by atoms with E-state index in [0.29, 0.717) is 22.0 Å². The normalized spacial score (nSPS) is 10.2. The monoisotopic (exact) mass is 378 g/mol. The van der Waals surface area contributed by atoms with Crippen LogP contribution in [-0.2, 0) is 0 Å². The van der Waals surface area contributed by atoms with Gasteiger partial charge < -0.3 is 11.1 Å². The molecule has 1 heterocycles. The van der Waals surface area contributed by atoms with Crippen molar-refractivity contribution in [2.75, 3.05) is 11.1 Å². The van der Waals surface area contributed by atoms with E-state index in [9.17, 15) is 4.79 Å². The van der Waals surface area contributed by atoms with Crippen LogP contribution in [-0.4, -0.2) is 5.91 Å². The summed E-state index contributed by atoms with van der Waals surface area (Å²) in [5, 5.41) is 5.06. The van der Waals surface area contributed by atoms with E-state index >= 15 is 0 Å². The van der Waals surface area contributed by atoms with Crippen LogP contribution >= 0.6 is 45.5 Å². The van der Waals surface area contributed by atoms with Crippen molar-refractivity contribution in [2.24, 2.45) is 0 Å².